The molecule has 3 N–H and O–H groups in total. The summed E-state index contributed by atoms with van der Waals surface area (Å²) >= 11 is 0. The van der Waals surface area contributed by atoms with Gasteiger partial charge < -0.3 is 25.4 Å². The van der Waals surface area contributed by atoms with Gasteiger partial charge in [-0.15, -0.1) is 0 Å². The van der Waals surface area contributed by atoms with Crippen molar-refractivity contribution in [3.63, 3.8) is 0 Å². The Morgan fingerprint density at radius 1 is 1.21 bits per heavy atom. The molecule has 3 aromatic rings. The lowest BCUT2D eigenvalue weighted by molar-refractivity contribution is -0.123. The highest BCUT2D eigenvalue weighted by Crippen LogP contribution is 2.29. The fourth-order valence-electron chi connectivity index (χ4n) is 2.89. The second-order valence-electron chi connectivity index (χ2n) is 7.00. The molecule has 2 aromatic carbocycles. The molecule has 0 fully saturated rings. The number of carbonyl (C=O) groups excluding carboxylic acids is 1. The van der Waals surface area contributed by atoms with E-state index in [-0.39, 0.29) is 18.3 Å². The number of anilines is 1. The molecular weight excluding hydrogens is 368 g/mol. The summed E-state index contributed by atoms with van der Waals surface area (Å²) in [6, 6.07) is 13.2. The molecule has 1 aromatic heterocycles. The van der Waals surface area contributed by atoms with Gasteiger partial charge in [-0.2, -0.15) is 0 Å². The molecule has 0 atom stereocenters. The molecule has 3 rings (SSSR count). The van der Waals surface area contributed by atoms with Gasteiger partial charge in [0.15, 0.2) is 6.61 Å². The largest absolute Gasteiger partial charge is 0.507 e. The number of pyridine rings is 1. The van der Waals surface area contributed by atoms with Crippen LogP contribution in [0.2, 0.25) is 0 Å². The third kappa shape index (κ3) is 5.83. The Bertz CT molecular complexity index is 975. The lowest BCUT2D eigenvalue weighted by atomic mass is 10.1. The number of carbonyl (C=O) groups is 1. The maximum Gasteiger partial charge on any atom is 0.257 e. The van der Waals surface area contributed by atoms with Gasteiger partial charge in [0.25, 0.3) is 5.91 Å². The number of likely N-dealkylation sites (N-methyl/N-ethyl adjacent to an activating group) is 1. The number of amides is 1. The van der Waals surface area contributed by atoms with Crippen molar-refractivity contribution in [1.29, 1.82) is 0 Å². The van der Waals surface area contributed by atoms with Gasteiger partial charge >= 0.3 is 0 Å². The summed E-state index contributed by atoms with van der Waals surface area (Å²) in [5.74, 6) is 0.605. The van der Waals surface area contributed by atoms with E-state index in [0.29, 0.717) is 18.8 Å². The van der Waals surface area contributed by atoms with E-state index in [0.717, 1.165) is 28.6 Å². The summed E-state index contributed by atoms with van der Waals surface area (Å²) in [5.41, 5.74) is 1.67. The van der Waals surface area contributed by atoms with Crippen LogP contribution in [-0.4, -0.2) is 54.7 Å². The molecule has 0 aliphatic rings. The van der Waals surface area contributed by atoms with E-state index >= 15 is 0 Å². The zero-order valence-corrected chi connectivity index (χ0v) is 16.7. The summed E-state index contributed by atoms with van der Waals surface area (Å²) in [6.07, 6.45) is 3.28. The van der Waals surface area contributed by atoms with E-state index in [4.69, 9.17) is 4.74 Å². The van der Waals surface area contributed by atoms with Gasteiger partial charge in [0.2, 0.25) is 0 Å². The zero-order chi connectivity index (χ0) is 20.6. The van der Waals surface area contributed by atoms with Crippen LogP contribution in [0.5, 0.6) is 11.5 Å². The zero-order valence-electron chi connectivity index (χ0n) is 16.7. The monoisotopic (exact) mass is 394 g/mol. The van der Waals surface area contributed by atoms with Crippen molar-refractivity contribution in [2.45, 2.75) is 6.54 Å². The Kier molecular flexibility index (Phi) is 6.86. The molecule has 0 radical (unpaired) electrons. The van der Waals surface area contributed by atoms with Gasteiger partial charge in [0, 0.05) is 48.5 Å². The standard InChI is InChI=1S/C22H26N4O3/c1-26(2)10-9-24-22(28)15-29-21-14-23-8-7-17(21)13-25-18-11-16-5-3-4-6-19(16)20(27)12-18/h3-8,11-12,14,25,27H,9-10,13,15H2,1-2H3,(H,24,28). The highest BCUT2D eigenvalue weighted by molar-refractivity contribution is 5.91. The minimum atomic E-state index is -0.172. The number of rotatable bonds is 9. The van der Waals surface area contributed by atoms with Crippen LogP contribution in [0.15, 0.2) is 54.9 Å². The summed E-state index contributed by atoms with van der Waals surface area (Å²) < 4.78 is 5.66. The van der Waals surface area contributed by atoms with Crippen molar-refractivity contribution in [2.24, 2.45) is 0 Å². The molecule has 0 aliphatic carbocycles. The van der Waals surface area contributed by atoms with Crippen molar-refractivity contribution in [1.82, 2.24) is 15.2 Å². The first-order chi connectivity index (χ1) is 14.0. The quantitative estimate of drug-likeness (QED) is 0.517. The summed E-state index contributed by atoms with van der Waals surface area (Å²) in [5, 5.41) is 18.1. The highest BCUT2D eigenvalue weighted by atomic mass is 16.5. The first-order valence-corrected chi connectivity index (χ1v) is 9.45. The number of nitrogens with zero attached hydrogens (tertiary/aromatic N) is 2. The van der Waals surface area contributed by atoms with Crippen LogP contribution in [0, 0.1) is 0 Å². The van der Waals surface area contributed by atoms with Crippen LogP contribution < -0.4 is 15.4 Å². The van der Waals surface area contributed by atoms with Crippen molar-refractivity contribution in [3.8, 4) is 11.5 Å². The molecule has 1 amide bonds. The minimum absolute atomic E-state index is 0.0666. The van der Waals surface area contributed by atoms with Crippen molar-refractivity contribution >= 4 is 22.4 Å². The number of nitrogens with one attached hydrogen (secondary N) is 2. The third-order valence-electron chi connectivity index (χ3n) is 4.43. The number of ether oxygens (including phenoxy) is 1. The molecule has 0 saturated heterocycles. The highest BCUT2D eigenvalue weighted by Gasteiger charge is 2.08. The van der Waals surface area contributed by atoms with Crippen LogP contribution in [0.4, 0.5) is 5.69 Å². The van der Waals surface area contributed by atoms with Gasteiger partial charge in [-0.05, 0) is 31.6 Å². The first-order valence-electron chi connectivity index (χ1n) is 9.45. The van der Waals surface area contributed by atoms with E-state index in [2.05, 4.69) is 15.6 Å². The van der Waals surface area contributed by atoms with Gasteiger partial charge in [0.05, 0.1) is 6.20 Å². The Morgan fingerprint density at radius 2 is 2.03 bits per heavy atom. The molecule has 1 heterocycles. The smallest absolute Gasteiger partial charge is 0.257 e. The summed E-state index contributed by atoms with van der Waals surface area (Å²) in [7, 11) is 3.90. The molecule has 7 heteroatoms. The second-order valence-corrected chi connectivity index (χ2v) is 7.00. The van der Waals surface area contributed by atoms with Gasteiger partial charge in [-0.3, -0.25) is 9.78 Å². The number of fused-ring (bicyclic) bond motifs is 1. The molecule has 0 saturated carbocycles. The Balaban J connectivity index is 1.60. The lowest BCUT2D eigenvalue weighted by Crippen LogP contribution is -2.34. The maximum atomic E-state index is 11.9. The molecule has 0 unspecified atom stereocenters. The van der Waals surface area contributed by atoms with E-state index in [1.54, 1.807) is 18.5 Å². The summed E-state index contributed by atoms with van der Waals surface area (Å²) in [6.45, 7) is 1.75. The van der Waals surface area contributed by atoms with Crippen LogP contribution >= 0.6 is 0 Å². The Labute approximate surface area is 170 Å². The minimum Gasteiger partial charge on any atom is -0.507 e. The van der Waals surface area contributed by atoms with E-state index in [9.17, 15) is 9.90 Å². The van der Waals surface area contributed by atoms with Crippen molar-refractivity contribution < 1.29 is 14.6 Å². The lowest BCUT2D eigenvalue weighted by Gasteiger charge is -2.14. The number of aromatic hydroxyl groups is 1. The maximum absolute atomic E-state index is 11.9. The SMILES string of the molecule is CN(C)CCNC(=O)COc1cnccc1CNc1cc(O)c2ccccc2c1. The first kappa shape index (κ1) is 20.4. The molecule has 152 valence electrons. The van der Waals surface area contributed by atoms with E-state index in [1.165, 1.54) is 0 Å². The van der Waals surface area contributed by atoms with Crippen molar-refractivity contribution in [3.05, 3.63) is 60.4 Å². The van der Waals surface area contributed by atoms with Crippen LogP contribution in [-0.2, 0) is 11.3 Å². The molecular formula is C22H26N4O3. The average Bonchev–Trinajstić information content (AvgIpc) is 2.71. The number of benzene rings is 2. The number of phenols is 1. The van der Waals surface area contributed by atoms with Gasteiger partial charge in [-0.25, -0.2) is 0 Å². The van der Waals surface area contributed by atoms with Gasteiger partial charge in [0.1, 0.15) is 11.5 Å². The van der Waals surface area contributed by atoms with Crippen LogP contribution in [0.1, 0.15) is 5.56 Å². The molecule has 0 aliphatic heterocycles. The Hall–Kier alpha value is -3.32. The van der Waals surface area contributed by atoms with E-state index in [1.807, 2.05) is 55.4 Å². The van der Waals surface area contributed by atoms with E-state index < -0.39 is 0 Å². The topological polar surface area (TPSA) is 86.7 Å². The molecule has 0 bridgehead atoms. The summed E-state index contributed by atoms with van der Waals surface area (Å²) in [4.78, 5) is 18.0. The number of hydrogen-bond acceptors (Lipinski definition) is 6. The third-order valence-corrected chi connectivity index (χ3v) is 4.43. The fraction of sp³-hybridized carbons (Fsp3) is 0.273. The predicted octanol–water partition coefficient (Wildman–Crippen LogP) is 2.61. The van der Waals surface area contributed by atoms with Crippen molar-refractivity contribution in [2.75, 3.05) is 39.1 Å². The number of aromatic nitrogens is 1. The molecule has 7 nitrogen and oxygen atoms in total. The molecule has 0 spiro atoms. The second kappa shape index (κ2) is 9.75. The number of phenolic OH excluding ortho intramolecular Hbond substituents is 1. The number of hydrogen-bond donors (Lipinski definition) is 3. The molecule has 29 heavy (non-hydrogen) atoms. The normalized spacial score (nSPS) is 10.9. The van der Waals surface area contributed by atoms with Crippen LogP contribution in [0.3, 0.4) is 0 Å². The predicted molar refractivity (Wildman–Crippen MR) is 114 cm³/mol. The average molecular weight is 394 g/mol. The Morgan fingerprint density at radius 3 is 2.86 bits per heavy atom. The fourth-order valence-corrected chi connectivity index (χ4v) is 2.89. The van der Waals surface area contributed by atoms with Crippen LogP contribution in [0.25, 0.3) is 10.8 Å². The van der Waals surface area contributed by atoms with Gasteiger partial charge in [-0.1, -0.05) is 24.3 Å².